The van der Waals surface area contributed by atoms with Gasteiger partial charge in [-0.1, -0.05) is 35.7 Å². The number of amides is 2. The zero-order valence-corrected chi connectivity index (χ0v) is 21.3. The number of hydrogen-bond donors (Lipinski definition) is 0. The van der Waals surface area contributed by atoms with Crippen LogP contribution < -0.4 is 4.65 Å². The third kappa shape index (κ3) is 5.23. The molecule has 0 N–H and O–H groups in total. The number of para-hydroxylation sites is 1. The smallest absolute Gasteiger partial charge is 0.336 e. The van der Waals surface area contributed by atoms with E-state index < -0.39 is 40.8 Å². The first-order chi connectivity index (χ1) is 19.0. The average Bonchev–Trinajstić information content (AvgIpc) is 3.46. The highest BCUT2D eigenvalue weighted by Gasteiger charge is 2.50. The summed E-state index contributed by atoms with van der Waals surface area (Å²) in [7, 11) is 0. The van der Waals surface area contributed by atoms with Crippen molar-refractivity contribution in [3.05, 3.63) is 77.2 Å². The number of nitrogens with zero attached hydrogens (tertiary/aromatic N) is 3. The summed E-state index contributed by atoms with van der Waals surface area (Å²) in [6.07, 6.45) is 0.600. The van der Waals surface area contributed by atoms with Crippen LogP contribution in [0.5, 0.6) is 0 Å². The highest BCUT2D eigenvalue weighted by Crippen LogP contribution is 2.37. The van der Waals surface area contributed by atoms with Crippen LogP contribution in [0.1, 0.15) is 52.0 Å². The normalized spacial score (nSPS) is 21.5. The second-order valence-electron chi connectivity index (χ2n) is 10.1. The Labute approximate surface area is 226 Å². The molecule has 2 aromatic rings. The topological polar surface area (TPSA) is 84.0 Å². The van der Waals surface area contributed by atoms with E-state index in [0.717, 1.165) is 44.0 Å². The van der Waals surface area contributed by atoms with E-state index in [1.54, 1.807) is 4.90 Å². The second-order valence-corrected chi connectivity index (χ2v) is 10.1. The Morgan fingerprint density at radius 1 is 1.02 bits per heavy atom. The fourth-order valence-electron chi connectivity index (χ4n) is 5.56. The Kier molecular flexibility index (Phi) is 7.21. The molecule has 2 aliphatic heterocycles. The maximum absolute atomic E-state index is 14.9. The molecule has 1 saturated carbocycles. The van der Waals surface area contributed by atoms with Crippen LogP contribution in [-0.2, 0) is 21.0 Å². The van der Waals surface area contributed by atoms with Gasteiger partial charge in [-0.25, -0.2) is 9.18 Å². The number of piperazine rings is 1. The van der Waals surface area contributed by atoms with Crippen molar-refractivity contribution in [3.63, 3.8) is 0 Å². The maximum Gasteiger partial charge on any atom is 0.497 e. The van der Waals surface area contributed by atoms with Gasteiger partial charge in [0, 0.05) is 36.8 Å². The molecule has 12 heteroatoms. The van der Waals surface area contributed by atoms with Crippen LogP contribution in [0.15, 0.2) is 54.7 Å². The minimum atomic E-state index is -5.33. The van der Waals surface area contributed by atoms with E-state index in [4.69, 9.17) is 4.84 Å². The molecule has 2 fully saturated rings. The van der Waals surface area contributed by atoms with Crippen LogP contribution >= 0.6 is 0 Å². The van der Waals surface area contributed by atoms with Gasteiger partial charge in [0.05, 0.1) is 11.1 Å². The first-order valence-electron chi connectivity index (χ1n) is 12.9. The molecule has 40 heavy (non-hydrogen) atoms. The van der Waals surface area contributed by atoms with Crippen molar-refractivity contribution in [1.29, 1.82) is 0 Å². The molecule has 0 spiro atoms. The lowest BCUT2D eigenvalue weighted by Crippen LogP contribution is -2.55. The van der Waals surface area contributed by atoms with E-state index in [1.807, 2.05) is 0 Å². The van der Waals surface area contributed by atoms with Gasteiger partial charge in [-0.15, -0.1) is 0 Å². The molecule has 1 unspecified atom stereocenters. The lowest BCUT2D eigenvalue weighted by atomic mass is 10.0. The van der Waals surface area contributed by atoms with E-state index in [2.05, 4.69) is 0 Å². The van der Waals surface area contributed by atoms with Gasteiger partial charge in [0.1, 0.15) is 18.6 Å². The minimum Gasteiger partial charge on any atom is -0.336 e. The molecule has 1 aliphatic carbocycles. The standard InChI is InChI=1S/C28H26F4N3O5/c29-22-10-9-18(15-21(22)26(38)33-12-13-34(25(37)16-33)19-5-1-2-6-19)17-35(40-27(39)28(30,31)32)14-11-24(36)20-7-3-4-8-23(20)35/h3-4,7-11,14-15,19H,1-2,5-6,12-13,16-17H2/q+1. The van der Waals surface area contributed by atoms with Crippen LogP contribution in [0.2, 0.25) is 0 Å². The Bertz CT molecular complexity index is 1400. The summed E-state index contributed by atoms with van der Waals surface area (Å²) in [4.78, 5) is 58.4. The van der Waals surface area contributed by atoms with Crippen molar-refractivity contribution in [3.8, 4) is 0 Å². The summed E-state index contributed by atoms with van der Waals surface area (Å²) >= 11 is 0. The molecule has 1 atom stereocenters. The number of benzene rings is 2. The van der Waals surface area contributed by atoms with E-state index in [0.29, 0.717) is 6.54 Å². The SMILES string of the molecule is O=C1C=C[N+](Cc2ccc(F)c(C(=O)N3CCN(C4CCCC4)C(=O)C3)c2)(OC(=O)C(F)(F)F)c2ccccc21. The molecular weight excluding hydrogens is 534 g/mol. The predicted molar refractivity (Wildman–Crippen MR) is 134 cm³/mol. The molecule has 2 amide bonds. The highest BCUT2D eigenvalue weighted by atomic mass is 19.4. The number of allylic oxidation sites excluding steroid dienone is 1. The number of carbonyl (C=O) groups is 4. The van der Waals surface area contributed by atoms with Crippen molar-refractivity contribution in [2.75, 3.05) is 19.6 Å². The van der Waals surface area contributed by atoms with E-state index in [1.165, 1.54) is 41.3 Å². The van der Waals surface area contributed by atoms with E-state index in [-0.39, 0.29) is 47.4 Å². The van der Waals surface area contributed by atoms with Crippen LogP contribution in [0, 0.1) is 5.82 Å². The number of alkyl halides is 3. The number of hydroxylamine groups is 2. The van der Waals surface area contributed by atoms with Crippen molar-refractivity contribution in [1.82, 2.24) is 14.4 Å². The zero-order chi connectivity index (χ0) is 28.7. The predicted octanol–water partition coefficient (Wildman–Crippen LogP) is 4.29. The molecule has 3 aliphatic rings. The molecule has 8 nitrogen and oxygen atoms in total. The Morgan fingerprint density at radius 3 is 2.45 bits per heavy atom. The largest absolute Gasteiger partial charge is 0.497 e. The zero-order valence-electron chi connectivity index (χ0n) is 21.3. The number of ketones is 1. The van der Waals surface area contributed by atoms with Crippen LogP contribution in [0.4, 0.5) is 23.2 Å². The van der Waals surface area contributed by atoms with Gasteiger partial charge < -0.3 is 9.80 Å². The van der Waals surface area contributed by atoms with Gasteiger partial charge in [0.25, 0.3) is 5.91 Å². The molecular formula is C28H26F4N3O5+. The summed E-state index contributed by atoms with van der Waals surface area (Å²) in [5.74, 6) is -4.81. The molecule has 0 bridgehead atoms. The number of quaternary nitrogens is 1. The third-order valence-electron chi connectivity index (χ3n) is 7.51. The van der Waals surface area contributed by atoms with Gasteiger partial charge in [-0.3, -0.25) is 19.2 Å². The summed E-state index contributed by atoms with van der Waals surface area (Å²) in [5.41, 5.74) is -0.217. The second kappa shape index (κ2) is 10.5. The van der Waals surface area contributed by atoms with Gasteiger partial charge in [0.2, 0.25) is 5.91 Å². The number of halogens is 4. The molecule has 0 aromatic heterocycles. The Balaban J connectivity index is 1.43. The molecule has 2 heterocycles. The average molecular weight is 561 g/mol. The summed E-state index contributed by atoms with van der Waals surface area (Å²) in [6, 6.07) is 9.29. The first-order valence-corrected chi connectivity index (χ1v) is 12.9. The summed E-state index contributed by atoms with van der Waals surface area (Å²) in [6.45, 7) is -0.135. The first kappa shape index (κ1) is 27.5. The number of carbonyl (C=O) groups excluding carboxylic acids is 4. The Hall–Kier alpha value is -4.06. The monoisotopic (exact) mass is 560 g/mol. The lowest BCUT2D eigenvalue weighted by Gasteiger charge is -2.38. The van der Waals surface area contributed by atoms with E-state index >= 15 is 0 Å². The van der Waals surface area contributed by atoms with E-state index in [9.17, 15) is 36.7 Å². The fraction of sp³-hybridized carbons (Fsp3) is 0.357. The van der Waals surface area contributed by atoms with Gasteiger partial charge >= 0.3 is 12.1 Å². The quantitative estimate of drug-likeness (QED) is 0.403. The molecule has 210 valence electrons. The number of rotatable bonds is 5. The fourth-order valence-corrected chi connectivity index (χ4v) is 5.56. The summed E-state index contributed by atoms with van der Waals surface area (Å²) in [5, 5.41) is 0. The third-order valence-corrected chi connectivity index (χ3v) is 7.51. The van der Waals surface area contributed by atoms with Crippen molar-refractivity contribution >= 4 is 29.3 Å². The lowest BCUT2D eigenvalue weighted by molar-refractivity contribution is -0.228. The van der Waals surface area contributed by atoms with Crippen molar-refractivity contribution in [2.24, 2.45) is 0 Å². The molecule has 1 saturated heterocycles. The number of hydrogen-bond acceptors (Lipinski definition) is 5. The van der Waals surface area contributed by atoms with Crippen molar-refractivity contribution < 1.29 is 41.6 Å². The Morgan fingerprint density at radius 2 is 1.75 bits per heavy atom. The number of fused-ring (bicyclic) bond motifs is 1. The van der Waals surface area contributed by atoms with Crippen LogP contribution in [0.3, 0.4) is 0 Å². The van der Waals surface area contributed by atoms with Gasteiger partial charge in [-0.05, 0) is 31.0 Å². The highest BCUT2D eigenvalue weighted by molar-refractivity contribution is 6.09. The molecule has 0 radical (unpaired) electrons. The molecule has 2 aromatic carbocycles. The maximum atomic E-state index is 14.9. The summed E-state index contributed by atoms with van der Waals surface area (Å²) < 4.78 is 53.5. The van der Waals surface area contributed by atoms with Crippen LogP contribution in [-0.4, -0.2) is 65.2 Å². The molecule has 5 rings (SSSR count). The van der Waals surface area contributed by atoms with Gasteiger partial charge in [-0.2, -0.15) is 13.2 Å². The van der Waals surface area contributed by atoms with Gasteiger partial charge in [0.15, 0.2) is 18.0 Å². The van der Waals surface area contributed by atoms with Crippen molar-refractivity contribution in [2.45, 2.75) is 44.4 Å². The van der Waals surface area contributed by atoms with Crippen LogP contribution in [0.25, 0.3) is 0 Å². The minimum absolute atomic E-state index is 0.0250.